The lowest BCUT2D eigenvalue weighted by Crippen LogP contribution is -2.48. The van der Waals surface area contributed by atoms with Gasteiger partial charge in [0, 0.05) is 25.2 Å². The van der Waals surface area contributed by atoms with Crippen molar-refractivity contribution in [1.29, 1.82) is 0 Å². The third kappa shape index (κ3) is 6.81. The summed E-state index contributed by atoms with van der Waals surface area (Å²) in [6, 6.07) is 3.43. The third-order valence-corrected chi connectivity index (χ3v) is 9.19. The van der Waals surface area contributed by atoms with Crippen LogP contribution in [0.25, 0.3) is 0 Å². The first kappa shape index (κ1) is 26.1. The summed E-state index contributed by atoms with van der Waals surface area (Å²) in [5.74, 6) is 1.48. The molecule has 2 saturated heterocycles. The van der Waals surface area contributed by atoms with E-state index in [1.807, 2.05) is 13.0 Å². The first-order chi connectivity index (χ1) is 16.4. The number of ether oxygens (including phenoxy) is 1. The molecule has 1 N–H and O–H groups in total. The zero-order valence-corrected chi connectivity index (χ0v) is 22.0. The van der Waals surface area contributed by atoms with Crippen molar-refractivity contribution >= 4 is 29.2 Å². The minimum atomic E-state index is -0.622. The Morgan fingerprint density at radius 3 is 2.32 bits per heavy atom. The Bertz CT molecular complexity index is 814. The Morgan fingerprint density at radius 2 is 1.68 bits per heavy atom. The maximum atomic E-state index is 12.0. The summed E-state index contributed by atoms with van der Waals surface area (Å²) in [7, 11) is 0. The van der Waals surface area contributed by atoms with Crippen molar-refractivity contribution in [2.24, 2.45) is 11.8 Å². The summed E-state index contributed by atoms with van der Waals surface area (Å²) in [6.45, 7) is 7.01. The maximum absolute atomic E-state index is 12.0. The van der Waals surface area contributed by atoms with Crippen LogP contribution in [0.5, 0.6) is 5.75 Å². The average Bonchev–Trinajstić information content (AvgIpc) is 2.85. The van der Waals surface area contributed by atoms with Crippen LogP contribution in [-0.2, 0) is 4.79 Å². The Hall–Kier alpha value is -1.01. The van der Waals surface area contributed by atoms with E-state index in [4.69, 9.17) is 27.9 Å². The molecule has 1 aromatic rings. The highest BCUT2D eigenvalue weighted by atomic mass is 35.5. The second kappa shape index (κ2) is 12.3. The SMILES string of the molecule is Cc1c(OC2CCN(CC3CCN(C(CC4CCCCC4)C(=O)O)CC3)CC2)ccc(Cl)c1Cl. The Labute approximate surface area is 214 Å². The first-order valence-electron chi connectivity index (χ1n) is 13.2. The molecule has 2 heterocycles. The number of aliphatic carboxylic acids is 1. The normalized spacial score (nSPS) is 23.1. The third-order valence-electron chi connectivity index (χ3n) is 8.29. The second-order valence-corrected chi connectivity index (χ2v) is 11.5. The van der Waals surface area contributed by atoms with Gasteiger partial charge in [-0.2, -0.15) is 0 Å². The Kier molecular flexibility index (Phi) is 9.42. The van der Waals surface area contributed by atoms with Crippen molar-refractivity contribution in [1.82, 2.24) is 9.80 Å². The molecular weight excluding hydrogens is 471 g/mol. The van der Waals surface area contributed by atoms with Crippen LogP contribution in [0.15, 0.2) is 12.1 Å². The average molecular weight is 512 g/mol. The van der Waals surface area contributed by atoms with Crippen molar-refractivity contribution in [3.63, 3.8) is 0 Å². The van der Waals surface area contributed by atoms with Gasteiger partial charge in [-0.05, 0) is 76.1 Å². The maximum Gasteiger partial charge on any atom is 0.320 e. The van der Waals surface area contributed by atoms with Crippen molar-refractivity contribution in [2.75, 3.05) is 32.7 Å². The van der Waals surface area contributed by atoms with Gasteiger partial charge in [0.2, 0.25) is 0 Å². The van der Waals surface area contributed by atoms with E-state index in [1.54, 1.807) is 6.07 Å². The highest BCUT2D eigenvalue weighted by Crippen LogP contribution is 2.34. The molecule has 0 bridgehead atoms. The van der Waals surface area contributed by atoms with Gasteiger partial charge < -0.3 is 14.7 Å². The van der Waals surface area contributed by atoms with Gasteiger partial charge in [-0.3, -0.25) is 9.69 Å². The number of benzene rings is 1. The number of carboxylic acids is 1. The van der Waals surface area contributed by atoms with Gasteiger partial charge in [0.05, 0.1) is 10.0 Å². The highest BCUT2D eigenvalue weighted by Gasteiger charge is 2.33. The predicted octanol–water partition coefficient (Wildman–Crippen LogP) is 6.28. The number of hydrogen-bond acceptors (Lipinski definition) is 4. The summed E-state index contributed by atoms with van der Waals surface area (Å²) >= 11 is 12.4. The molecule has 1 atom stereocenters. The summed E-state index contributed by atoms with van der Waals surface area (Å²) < 4.78 is 6.25. The number of hydrogen-bond donors (Lipinski definition) is 1. The van der Waals surface area contributed by atoms with Crippen LogP contribution in [0.2, 0.25) is 10.0 Å². The van der Waals surface area contributed by atoms with E-state index in [1.165, 1.54) is 32.1 Å². The van der Waals surface area contributed by atoms with Gasteiger partial charge in [0.25, 0.3) is 0 Å². The largest absolute Gasteiger partial charge is 0.490 e. The molecule has 0 aromatic heterocycles. The fourth-order valence-electron chi connectivity index (χ4n) is 6.11. The van der Waals surface area contributed by atoms with E-state index in [2.05, 4.69) is 9.80 Å². The molecule has 0 spiro atoms. The monoisotopic (exact) mass is 510 g/mol. The van der Waals surface area contributed by atoms with Gasteiger partial charge in [0.15, 0.2) is 0 Å². The smallest absolute Gasteiger partial charge is 0.320 e. The minimum absolute atomic E-state index is 0.213. The number of halogens is 2. The van der Waals surface area contributed by atoms with Crippen LogP contribution in [0.1, 0.15) is 69.8 Å². The lowest BCUT2D eigenvalue weighted by molar-refractivity contribution is -0.144. The summed E-state index contributed by atoms with van der Waals surface area (Å²) in [4.78, 5) is 16.8. The fraction of sp³-hybridized carbons (Fsp3) is 0.741. The van der Waals surface area contributed by atoms with Crippen molar-refractivity contribution in [3.8, 4) is 5.75 Å². The van der Waals surface area contributed by atoms with Crippen LogP contribution >= 0.6 is 23.2 Å². The standard InChI is InChI=1S/C27H40Cl2N2O3/c1-19-25(8-7-23(28)26(19)29)34-22-11-13-30(14-12-22)18-21-9-15-31(16-10-21)24(27(32)33)17-20-5-3-2-4-6-20/h7-8,20-22,24H,2-6,9-18H2,1H3,(H,32,33). The molecule has 1 aromatic carbocycles. The van der Waals surface area contributed by atoms with Crippen LogP contribution in [-0.4, -0.2) is 65.7 Å². The van der Waals surface area contributed by atoms with Crippen molar-refractivity contribution in [2.45, 2.75) is 83.3 Å². The first-order valence-corrected chi connectivity index (χ1v) is 14.0. The number of piperidine rings is 2. The second-order valence-electron chi connectivity index (χ2n) is 10.7. The number of rotatable bonds is 8. The predicted molar refractivity (Wildman–Crippen MR) is 138 cm³/mol. The van der Waals surface area contributed by atoms with E-state index in [9.17, 15) is 9.90 Å². The lowest BCUT2D eigenvalue weighted by Gasteiger charge is -2.40. The number of nitrogens with zero attached hydrogens (tertiary/aromatic N) is 2. The fourth-order valence-corrected chi connectivity index (χ4v) is 6.47. The zero-order chi connectivity index (χ0) is 24.1. The van der Waals surface area contributed by atoms with Gasteiger partial charge in [-0.15, -0.1) is 0 Å². The highest BCUT2D eigenvalue weighted by molar-refractivity contribution is 6.42. The number of carboxylic acid groups (broad SMARTS) is 1. The zero-order valence-electron chi connectivity index (χ0n) is 20.5. The molecule has 1 unspecified atom stereocenters. The molecule has 0 amide bonds. The van der Waals surface area contributed by atoms with Crippen LogP contribution < -0.4 is 4.74 Å². The molecule has 1 saturated carbocycles. The Balaban J connectivity index is 1.19. The molecule has 7 heteroatoms. The summed E-state index contributed by atoms with van der Waals surface area (Å²) in [5.41, 5.74) is 0.909. The summed E-state index contributed by atoms with van der Waals surface area (Å²) in [5, 5.41) is 11.0. The van der Waals surface area contributed by atoms with Gasteiger partial charge in [0.1, 0.15) is 17.9 Å². The molecule has 3 fully saturated rings. The molecule has 1 aliphatic carbocycles. The van der Waals surface area contributed by atoms with E-state index >= 15 is 0 Å². The van der Waals surface area contributed by atoms with E-state index in [0.29, 0.717) is 21.9 Å². The molecular formula is C27H40Cl2N2O3. The number of likely N-dealkylation sites (tertiary alicyclic amines) is 2. The summed E-state index contributed by atoms with van der Waals surface area (Å²) in [6.07, 6.45) is 11.6. The quantitative estimate of drug-likeness (QED) is 0.445. The van der Waals surface area contributed by atoms with Crippen molar-refractivity contribution < 1.29 is 14.6 Å². The number of carbonyl (C=O) groups is 1. The van der Waals surface area contributed by atoms with Crippen LogP contribution in [0.3, 0.4) is 0 Å². The van der Waals surface area contributed by atoms with Gasteiger partial charge >= 0.3 is 5.97 Å². The molecule has 3 aliphatic rings. The molecule has 2 aliphatic heterocycles. The minimum Gasteiger partial charge on any atom is -0.490 e. The molecule has 4 rings (SSSR count). The van der Waals surface area contributed by atoms with Crippen LogP contribution in [0.4, 0.5) is 0 Å². The van der Waals surface area contributed by atoms with Gasteiger partial charge in [-0.25, -0.2) is 0 Å². The lowest BCUT2D eigenvalue weighted by atomic mass is 9.84. The molecule has 5 nitrogen and oxygen atoms in total. The van der Waals surface area contributed by atoms with E-state index in [0.717, 1.165) is 76.1 Å². The Morgan fingerprint density at radius 1 is 1.00 bits per heavy atom. The van der Waals surface area contributed by atoms with Crippen LogP contribution in [0, 0.1) is 18.8 Å². The molecule has 0 radical (unpaired) electrons. The van der Waals surface area contributed by atoms with E-state index < -0.39 is 5.97 Å². The topological polar surface area (TPSA) is 53.0 Å². The molecule has 190 valence electrons. The molecule has 34 heavy (non-hydrogen) atoms. The van der Waals surface area contributed by atoms with Crippen molar-refractivity contribution in [3.05, 3.63) is 27.7 Å². The van der Waals surface area contributed by atoms with Gasteiger partial charge in [-0.1, -0.05) is 55.3 Å². The van der Waals surface area contributed by atoms with E-state index in [-0.39, 0.29) is 12.1 Å².